The zero-order chi connectivity index (χ0) is 23.2. The highest BCUT2D eigenvalue weighted by molar-refractivity contribution is 9.10. The monoisotopic (exact) mass is 517 g/mol. The Kier molecular flexibility index (Phi) is 5.02. The van der Waals surface area contributed by atoms with Crippen molar-refractivity contribution in [2.75, 3.05) is 18.8 Å². The lowest BCUT2D eigenvalue weighted by molar-refractivity contribution is 0.0680. The Morgan fingerprint density at radius 3 is 2.76 bits per heavy atom. The molecule has 1 aliphatic rings. The van der Waals surface area contributed by atoms with Crippen molar-refractivity contribution >= 4 is 44.2 Å². The number of likely N-dealkylation sites (tertiary alicyclic amines) is 1. The topological polar surface area (TPSA) is 115 Å². The summed E-state index contributed by atoms with van der Waals surface area (Å²) in [5, 5.41) is 5.54. The summed E-state index contributed by atoms with van der Waals surface area (Å²) in [6.07, 6.45) is 7.87. The van der Waals surface area contributed by atoms with E-state index < -0.39 is 0 Å². The van der Waals surface area contributed by atoms with Crippen LogP contribution >= 0.6 is 15.9 Å². The van der Waals surface area contributed by atoms with E-state index in [0.29, 0.717) is 24.6 Å². The van der Waals surface area contributed by atoms with Crippen LogP contribution in [-0.2, 0) is 0 Å². The summed E-state index contributed by atoms with van der Waals surface area (Å²) in [7, 11) is 0. The molecule has 4 aromatic heterocycles. The molecule has 34 heavy (non-hydrogen) atoms. The van der Waals surface area contributed by atoms with Crippen molar-refractivity contribution in [1.82, 2.24) is 29.5 Å². The highest BCUT2D eigenvalue weighted by Crippen LogP contribution is 2.37. The summed E-state index contributed by atoms with van der Waals surface area (Å²) < 4.78 is 7.56. The van der Waals surface area contributed by atoms with Gasteiger partial charge < -0.3 is 15.1 Å². The molecule has 0 saturated carbocycles. The number of hydrogen-bond donors (Lipinski definition) is 1. The number of aromatic nitrogens is 5. The van der Waals surface area contributed by atoms with Crippen LogP contribution in [0.25, 0.3) is 27.7 Å². The number of nitrogens with two attached hydrogens (primary N) is 1. The molecule has 1 fully saturated rings. The summed E-state index contributed by atoms with van der Waals surface area (Å²) in [5.74, 6) is 0.772. The quantitative estimate of drug-likeness (QED) is 0.379. The molecule has 9 nitrogen and oxygen atoms in total. The Bertz CT molecular complexity index is 1520. The zero-order valence-corrected chi connectivity index (χ0v) is 19.6. The van der Waals surface area contributed by atoms with Gasteiger partial charge in [0.25, 0.3) is 5.91 Å². The largest absolute Gasteiger partial charge is 0.438 e. The van der Waals surface area contributed by atoms with Gasteiger partial charge in [-0.25, -0.2) is 9.97 Å². The number of halogens is 1. The number of carbonyl (C=O) groups excluding carboxylic acids is 1. The Hall–Kier alpha value is -3.79. The van der Waals surface area contributed by atoms with Crippen LogP contribution in [-0.4, -0.2) is 48.5 Å². The van der Waals surface area contributed by atoms with Gasteiger partial charge in [-0.15, -0.1) is 0 Å². The first-order valence-electron chi connectivity index (χ1n) is 11.0. The number of nitrogens with zero attached hydrogens (tertiary/aromatic N) is 6. The lowest BCUT2D eigenvalue weighted by Crippen LogP contribution is -2.38. The minimum atomic E-state index is -0.139. The van der Waals surface area contributed by atoms with E-state index in [1.165, 1.54) is 12.6 Å². The van der Waals surface area contributed by atoms with Gasteiger partial charge in [0, 0.05) is 41.7 Å². The van der Waals surface area contributed by atoms with Gasteiger partial charge in [-0.2, -0.15) is 9.61 Å². The van der Waals surface area contributed by atoms with E-state index in [1.54, 1.807) is 15.6 Å². The second-order valence-electron chi connectivity index (χ2n) is 8.34. The summed E-state index contributed by atoms with van der Waals surface area (Å²) in [6.45, 7) is 1.20. The predicted octanol–water partition coefficient (Wildman–Crippen LogP) is 4.30. The molecule has 0 radical (unpaired) electrons. The minimum absolute atomic E-state index is 0.139. The maximum Gasteiger partial charge on any atom is 0.291 e. The normalized spacial score (nSPS) is 14.8. The van der Waals surface area contributed by atoms with Crippen molar-refractivity contribution in [2.24, 2.45) is 0 Å². The standard InChI is InChI=1S/C24H20BrN7O2/c25-20-21(14-5-7-31(8-6-14)24(33)19-12-27-13-34-19)30-23-17(11-29-32(23)22(20)26)16-9-15-3-1-2-4-18(15)28-10-16/h1-4,9-14H,5-8,26H2. The van der Waals surface area contributed by atoms with E-state index in [1.807, 2.05) is 30.5 Å². The number of amides is 1. The molecule has 170 valence electrons. The Labute approximate surface area is 202 Å². The second-order valence-corrected chi connectivity index (χ2v) is 9.13. The number of fused-ring (bicyclic) bond motifs is 2. The van der Waals surface area contributed by atoms with Gasteiger partial charge in [0.2, 0.25) is 5.76 Å². The maximum atomic E-state index is 12.6. The molecule has 1 aromatic carbocycles. The lowest BCUT2D eigenvalue weighted by Gasteiger charge is -2.31. The van der Waals surface area contributed by atoms with Crippen molar-refractivity contribution in [3.8, 4) is 11.1 Å². The van der Waals surface area contributed by atoms with E-state index in [-0.39, 0.29) is 17.6 Å². The number of oxazole rings is 1. The van der Waals surface area contributed by atoms with Crippen LogP contribution in [0.3, 0.4) is 0 Å². The van der Waals surface area contributed by atoms with Gasteiger partial charge in [-0.3, -0.25) is 9.78 Å². The maximum absolute atomic E-state index is 12.6. The Morgan fingerprint density at radius 1 is 1.15 bits per heavy atom. The number of anilines is 1. The first-order chi connectivity index (χ1) is 16.6. The van der Waals surface area contributed by atoms with Crippen molar-refractivity contribution < 1.29 is 9.21 Å². The van der Waals surface area contributed by atoms with E-state index >= 15 is 0 Å². The molecule has 0 spiro atoms. The molecule has 0 unspecified atom stereocenters. The third kappa shape index (κ3) is 3.41. The Balaban J connectivity index is 1.34. The Morgan fingerprint density at radius 2 is 1.97 bits per heavy atom. The number of pyridine rings is 1. The summed E-state index contributed by atoms with van der Waals surface area (Å²) in [6, 6.07) is 10.1. The number of rotatable bonds is 3. The first kappa shape index (κ1) is 20.8. The second kappa shape index (κ2) is 8.21. The van der Waals surface area contributed by atoms with Crippen molar-refractivity contribution in [3.05, 3.63) is 71.2 Å². The number of hydrogen-bond acceptors (Lipinski definition) is 7. The third-order valence-electron chi connectivity index (χ3n) is 6.36. The van der Waals surface area contributed by atoms with Crippen molar-refractivity contribution in [1.29, 1.82) is 0 Å². The average molecular weight is 518 g/mol. The number of para-hydroxylation sites is 1. The molecular weight excluding hydrogens is 498 g/mol. The number of piperidine rings is 1. The molecule has 5 aromatic rings. The summed E-state index contributed by atoms with van der Waals surface area (Å²) >= 11 is 3.65. The lowest BCUT2D eigenvalue weighted by atomic mass is 9.93. The fourth-order valence-electron chi connectivity index (χ4n) is 4.54. The molecular formula is C24H20BrN7O2. The SMILES string of the molecule is Nc1c(Br)c(C2CCN(C(=O)c3cnco3)CC2)nc2c(-c3cnc4ccccc4c3)cnn12. The van der Waals surface area contributed by atoms with Gasteiger partial charge in [0.1, 0.15) is 5.82 Å². The highest BCUT2D eigenvalue weighted by Gasteiger charge is 2.29. The van der Waals surface area contributed by atoms with Crippen LogP contribution in [0.15, 0.2) is 64.2 Å². The highest BCUT2D eigenvalue weighted by atomic mass is 79.9. The molecule has 2 N–H and O–H groups in total. The van der Waals surface area contributed by atoms with Crippen LogP contribution in [0.4, 0.5) is 5.82 Å². The van der Waals surface area contributed by atoms with Crippen LogP contribution in [0.2, 0.25) is 0 Å². The van der Waals surface area contributed by atoms with Crippen molar-refractivity contribution in [2.45, 2.75) is 18.8 Å². The van der Waals surface area contributed by atoms with E-state index in [2.05, 4.69) is 37.1 Å². The van der Waals surface area contributed by atoms with E-state index in [0.717, 1.165) is 45.0 Å². The van der Waals surface area contributed by atoms with Crippen LogP contribution in [0, 0.1) is 0 Å². The molecule has 1 aliphatic heterocycles. The fraction of sp³-hybridized carbons (Fsp3) is 0.208. The number of nitrogen functional groups attached to an aromatic ring is 1. The fourth-order valence-corrected chi connectivity index (χ4v) is 5.12. The van der Waals surface area contributed by atoms with Crippen LogP contribution in [0.5, 0.6) is 0 Å². The zero-order valence-electron chi connectivity index (χ0n) is 18.1. The molecule has 1 amide bonds. The molecule has 0 aliphatic carbocycles. The third-order valence-corrected chi connectivity index (χ3v) is 7.17. The van der Waals surface area contributed by atoms with Gasteiger partial charge >= 0.3 is 0 Å². The average Bonchev–Trinajstić information content (AvgIpc) is 3.56. The summed E-state index contributed by atoms with van der Waals surface area (Å²) in [5.41, 5.74) is 10.8. The van der Waals surface area contributed by atoms with Gasteiger partial charge in [0.05, 0.1) is 28.1 Å². The van der Waals surface area contributed by atoms with Crippen molar-refractivity contribution in [3.63, 3.8) is 0 Å². The molecule has 5 heterocycles. The molecule has 0 atom stereocenters. The van der Waals surface area contributed by atoms with Gasteiger partial charge in [0.15, 0.2) is 12.0 Å². The molecule has 6 rings (SSSR count). The van der Waals surface area contributed by atoms with Gasteiger partial charge in [-0.05, 0) is 40.9 Å². The van der Waals surface area contributed by atoms with Crippen LogP contribution in [0.1, 0.15) is 35.0 Å². The van der Waals surface area contributed by atoms with Crippen LogP contribution < -0.4 is 5.73 Å². The molecule has 0 bridgehead atoms. The smallest absolute Gasteiger partial charge is 0.291 e. The predicted molar refractivity (Wildman–Crippen MR) is 130 cm³/mol. The first-order valence-corrected chi connectivity index (χ1v) is 11.7. The number of benzene rings is 1. The van der Waals surface area contributed by atoms with E-state index in [4.69, 9.17) is 15.1 Å². The minimum Gasteiger partial charge on any atom is -0.438 e. The molecule has 1 saturated heterocycles. The van der Waals surface area contributed by atoms with Gasteiger partial charge in [-0.1, -0.05) is 18.2 Å². The number of carbonyl (C=O) groups is 1. The summed E-state index contributed by atoms with van der Waals surface area (Å²) in [4.78, 5) is 27.8. The van der Waals surface area contributed by atoms with E-state index in [9.17, 15) is 4.79 Å². The molecule has 10 heteroatoms.